The third-order valence-corrected chi connectivity index (χ3v) is 3.84. The lowest BCUT2D eigenvalue weighted by atomic mass is 10.0. The predicted molar refractivity (Wildman–Crippen MR) is 80.6 cm³/mol. The topological polar surface area (TPSA) is 44.7 Å². The molecule has 4 heteroatoms. The van der Waals surface area contributed by atoms with Crippen LogP contribution in [0.15, 0.2) is 30.3 Å². The number of piperidine rings is 1. The van der Waals surface area contributed by atoms with E-state index in [2.05, 4.69) is 40.5 Å². The molecule has 1 aromatic carbocycles. The normalized spacial score (nSPS) is 19.1. The fraction of sp³-hybridized carbons (Fsp3) is 0.625. The zero-order chi connectivity index (χ0) is 14.2. The summed E-state index contributed by atoms with van der Waals surface area (Å²) in [6, 6.07) is 11.2. The minimum Gasteiger partial charge on any atom is -0.389 e. The van der Waals surface area contributed by atoms with Gasteiger partial charge in [-0.15, -0.1) is 0 Å². The number of likely N-dealkylation sites (tertiary alicyclic amines) is 1. The van der Waals surface area contributed by atoms with Gasteiger partial charge in [0.25, 0.3) is 0 Å². The number of aliphatic hydroxyl groups excluding tert-OH is 1. The number of hydrogen-bond donors (Lipinski definition) is 2. The highest BCUT2D eigenvalue weighted by molar-refractivity contribution is 5.14. The highest BCUT2D eigenvalue weighted by atomic mass is 16.5. The van der Waals surface area contributed by atoms with Gasteiger partial charge in [-0.25, -0.2) is 0 Å². The summed E-state index contributed by atoms with van der Waals surface area (Å²) in [5.41, 5.74) is 1.38. The lowest BCUT2D eigenvalue weighted by molar-refractivity contribution is 0.0602. The number of nitrogens with zero attached hydrogens (tertiary/aromatic N) is 1. The first-order chi connectivity index (χ1) is 9.78. The van der Waals surface area contributed by atoms with E-state index in [1.165, 1.54) is 5.56 Å². The number of benzene rings is 1. The molecule has 1 heterocycles. The van der Waals surface area contributed by atoms with Crippen LogP contribution in [0.1, 0.15) is 18.4 Å². The van der Waals surface area contributed by atoms with Crippen LogP contribution in [0.4, 0.5) is 0 Å². The maximum atomic E-state index is 9.63. The summed E-state index contributed by atoms with van der Waals surface area (Å²) in [4.78, 5) is 2.50. The molecule has 1 fully saturated rings. The molecule has 0 amide bonds. The quantitative estimate of drug-likeness (QED) is 0.788. The van der Waals surface area contributed by atoms with E-state index in [4.69, 9.17) is 4.74 Å². The van der Waals surface area contributed by atoms with Gasteiger partial charge >= 0.3 is 0 Å². The van der Waals surface area contributed by atoms with E-state index in [-0.39, 0.29) is 0 Å². The van der Waals surface area contributed by atoms with Gasteiger partial charge < -0.3 is 15.2 Å². The Kier molecular flexibility index (Phi) is 6.47. The van der Waals surface area contributed by atoms with Crippen LogP contribution in [0, 0.1) is 0 Å². The molecule has 0 saturated carbocycles. The summed E-state index contributed by atoms with van der Waals surface area (Å²) in [5, 5.41) is 13.1. The van der Waals surface area contributed by atoms with Crippen LogP contribution in [0.3, 0.4) is 0 Å². The van der Waals surface area contributed by atoms with Gasteiger partial charge in [-0.3, -0.25) is 4.90 Å². The van der Waals surface area contributed by atoms with Crippen molar-refractivity contribution in [1.29, 1.82) is 0 Å². The van der Waals surface area contributed by atoms with Gasteiger partial charge in [0.2, 0.25) is 0 Å². The third kappa shape index (κ3) is 5.21. The van der Waals surface area contributed by atoms with Crippen molar-refractivity contribution in [3.8, 4) is 0 Å². The number of hydrogen-bond acceptors (Lipinski definition) is 4. The Morgan fingerprint density at radius 1 is 1.30 bits per heavy atom. The Labute approximate surface area is 121 Å². The predicted octanol–water partition coefficient (Wildman–Crippen LogP) is 1.25. The number of methoxy groups -OCH3 is 1. The van der Waals surface area contributed by atoms with Crippen molar-refractivity contribution in [3.63, 3.8) is 0 Å². The summed E-state index contributed by atoms with van der Waals surface area (Å²) in [5.74, 6) is 0. The average molecular weight is 278 g/mol. The number of nitrogens with one attached hydrogen (secondary N) is 1. The van der Waals surface area contributed by atoms with Crippen LogP contribution in [-0.2, 0) is 11.3 Å². The molecule has 0 bridgehead atoms. The zero-order valence-corrected chi connectivity index (χ0v) is 12.3. The Morgan fingerprint density at radius 2 is 2.00 bits per heavy atom. The van der Waals surface area contributed by atoms with Crippen LogP contribution in [0.25, 0.3) is 0 Å². The molecule has 1 saturated heterocycles. The van der Waals surface area contributed by atoms with Crippen molar-refractivity contribution in [2.45, 2.75) is 31.5 Å². The van der Waals surface area contributed by atoms with E-state index in [9.17, 15) is 5.11 Å². The molecule has 1 atom stereocenters. The molecule has 0 spiro atoms. The molecule has 2 rings (SSSR count). The number of ether oxygens (including phenoxy) is 1. The van der Waals surface area contributed by atoms with Crippen molar-refractivity contribution >= 4 is 0 Å². The molecule has 1 aromatic rings. The van der Waals surface area contributed by atoms with Crippen LogP contribution < -0.4 is 5.32 Å². The summed E-state index contributed by atoms with van der Waals surface area (Å²) in [6.07, 6.45) is 1.89. The molecule has 1 aliphatic heterocycles. The van der Waals surface area contributed by atoms with Crippen molar-refractivity contribution in [3.05, 3.63) is 35.9 Å². The van der Waals surface area contributed by atoms with Crippen LogP contribution >= 0.6 is 0 Å². The Balaban J connectivity index is 1.65. The van der Waals surface area contributed by atoms with Crippen molar-refractivity contribution in [1.82, 2.24) is 10.2 Å². The van der Waals surface area contributed by atoms with Gasteiger partial charge in [0, 0.05) is 26.2 Å². The molecular weight excluding hydrogens is 252 g/mol. The number of aliphatic hydroxyl groups is 1. The summed E-state index contributed by atoms with van der Waals surface area (Å²) < 4.78 is 4.93. The smallest absolute Gasteiger partial charge is 0.0897 e. The second-order valence-corrected chi connectivity index (χ2v) is 5.55. The third-order valence-electron chi connectivity index (χ3n) is 3.84. The summed E-state index contributed by atoms with van der Waals surface area (Å²) in [7, 11) is 1.62. The monoisotopic (exact) mass is 278 g/mol. The van der Waals surface area contributed by atoms with Gasteiger partial charge in [-0.1, -0.05) is 30.3 Å². The van der Waals surface area contributed by atoms with Gasteiger partial charge in [-0.2, -0.15) is 0 Å². The molecule has 0 aliphatic carbocycles. The molecule has 1 unspecified atom stereocenters. The fourth-order valence-electron chi connectivity index (χ4n) is 2.69. The highest BCUT2D eigenvalue weighted by Crippen LogP contribution is 2.13. The van der Waals surface area contributed by atoms with E-state index in [0.29, 0.717) is 19.2 Å². The fourth-order valence-corrected chi connectivity index (χ4v) is 2.69. The maximum Gasteiger partial charge on any atom is 0.0897 e. The first kappa shape index (κ1) is 15.4. The molecule has 2 N–H and O–H groups in total. The average Bonchev–Trinajstić information content (AvgIpc) is 2.48. The molecular formula is C16H26N2O2. The molecule has 0 aromatic heterocycles. The van der Waals surface area contributed by atoms with Gasteiger partial charge in [0.05, 0.1) is 12.7 Å². The van der Waals surface area contributed by atoms with E-state index in [0.717, 1.165) is 32.5 Å². The lowest BCUT2D eigenvalue weighted by Crippen LogP contribution is -2.44. The van der Waals surface area contributed by atoms with Crippen molar-refractivity contribution in [2.24, 2.45) is 0 Å². The second-order valence-electron chi connectivity index (χ2n) is 5.55. The largest absolute Gasteiger partial charge is 0.389 e. The van der Waals surface area contributed by atoms with Gasteiger partial charge in [0.15, 0.2) is 0 Å². The summed E-state index contributed by atoms with van der Waals surface area (Å²) in [6.45, 7) is 4.30. The standard InChI is InChI=1S/C16H26N2O2/c1-20-13-16(19)11-17-15-7-9-18(10-8-15)12-14-5-3-2-4-6-14/h2-6,15-17,19H,7-13H2,1H3. The molecule has 1 aliphatic rings. The summed E-state index contributed by atoms with van der Waals surface area (Å²) >= 11 is 0. The molecule has 112 valence electrons. The lowest BCUT2D eigenvalue weighted by Gasteiger charge is -2.32. The first-order valence-electron chi connectivity index (χ1n) is 7.44. The van der Waals surface area contributed by atoms with E-state index in [1.807, 2.05) is 0 Å². The van der Waals surface area contributed by atoms with Gasteiger partial charge in [-0.05, 0) is 31.5 Å². The SMILES string of the molecule is COCC(O)CNC1CCN(Cc2ccccc2)CC1. The second kappa shape index (κ2) is 8.37. The number of rotatable bonds is 7. The van der Waals surface area contributed by atoms with Crippen molar-refractivity contribution in [2.75, 3.05) is 33.4 Å². The maximum absolute atomic E-state index is 9.63. The highest BCUT2D eigenvalue weighted by Gasteiger charge is 2.19. The van der Waals surface area contributed by atoms with Crippen LogP contribution in [0.5, 0.6) is 0 Å². The molecule has 0 radical (unpaired) electrons. The minimum atomic E-state index is -0.401. The van der Waals surface area contributed by atoms with E-state index in [1.54, 1.807) is 7.11 Å². The van der Waals surface area contributed by atoms with Gasteiger partial charge in [0.1, 0.15) is 0 Å². The molecule has 4 nitrogen and oxygen atoms in total. The first-order valence-corrected chi connectivity index (χ1v) is 7.44. The van der Waals surface area contributed by atoms with Crippen LogP contribution in [-0.4, -0.2) is 55.5 Å². The van der Waals surface area contributed by atoms with Crippen molar-refractivity contribution < 1.29 is 9.84 Å². The minimum absolute atomic E-state index is 0.401. The Morgan fingerprint density at radius 3 is 2.65 bits per heavy atom. The Hall–Kier alpha value is -0.940. The van der Waals surface area contributed by atoms with E-state index >= 15 is 0 Å². The van der Waals surface area contributed by atoms with E-state index < -0.39 is 6.10 Å². The van der Waals surface area contributed by atoms with Crippen LogP contribution in [0.2, 0.25) is 0 Å². The Bertz CT molecular complexity index is 364. The zero-order valence-electron chi connectivity index (χ0n) is 12.3. The molecule has 20 heavy (non-hydrogen) atoms.